The Balaban J connectivity index is 2.57. The predicted molar refractivity (Wildman–Crippen MR) is 75.2 cm³/mol. The van der Waals surface area contributed by atoms with Crippen LogP contribution in [0.2, 0.25) is 0 Å². The zero-order chi connectivity index (χ0) is 13.5. The maximum absolute atomic E-state index is 11.9. The number of benzene rings is 1. The van der Waals surface area contributed by atoms with Crippen LogP contribution in [0.15, 0.2) is 24.3 Å². The third-order valence-corrected chi connectivity index (χ3v) is 3.42. The van der Waals surface area contributed by atoms with Crippen LogP contribution >= 0.6 is 0 Å². The molecule has 0 spiro atoms. The molecule has 3 heteroatoms. The second-order valence-electron chi connectivity index (χ2n) is 4.86. The molecule has 1 rings (SSSR count). The smallest absolute Gasteiger partial charge is 0.220 e. The molecular formula is C15H24N2O. The minimum atomic E-state index is 0.0500. The molecule has 0 aliphatic rings. The lowest BCUT2D eigenvalue weighted by Gasteiger charge is -2.18. The Morgan fingerprint density at radius 1 is 1.39 bits per heavy atom. The van der Waals surface area contributed by atoms with E-state index in [1.165, 1.54) is 11.1 Å². The van der Waals surface area contributed by atoms with E-state index in [-0.39, 0.29) is 17.9 Å². The van der Waals surface area contributed by atoms with Crippen LogP contribution in [0.4, 0.5) is 0 Å². The van der Waals surface area contributed by atoms with Crippen molar-refractivity contribution in [2.75, 3.05) is 6.54 Å². The third-order valence-electron chi connectivity index (χ3n) is 3.42. The van der Waals surface area contributed by atoms with Crippen LogP contribution in [0.3, 0.4) is 0 Å². The summed E-state index contributed by atoms with van der Waals surface area (Å²) in [6.45, 7) is 6.72. The topological polar surface area (TPSA) is 55.1 Å². The Morgan fingerprint density at radius 3 is 2.61 bits per heavy atom. The molecule has 0 saturated heterocycles. The Bertz CT molecular complexity index is 386. The first-order valence-electron chi connectivity index (χ1n) is 6.63. The number of rotatable bonds is 6. The Labute approximate surface area is 110 Å². The maximum atomic E-state index is 11.9. The molecule has 0 aromatic heterocycles. The number of nitrogens with two attached hydrogens (primary N) is 1. The van der Waals surface area contributed by atoms with E-state index in [1.54, 1.807) is 0 Å². The highest BCUT2D eigenvalue weighted by molar-refractivity contribution is 5.76. The fourth-order valence-corrected chi connectivity index (χ4v) is 2.11. The summed E-state index contributed by atoms with van der Waals surface area (Å²) in [5, 5.41) is 3.04. The highest BCUT2D eigenvalue weighted by atomic mass is 16.1. The van der Waals surface area contributed by atoms with Gasteiger partial charge >= 0.3 is 0 Å². The number of hydrogen-bond acceptors (Lipinski definition) is 2. The monoisotopic (exact) mass is 248 g/mol. The van der Waals surface area contributed by atoms with Gasteiger partial charge in [0.2, 0.25) is 5.91 Å². The standard InChI is InChI=1S/C15H24N2O/c1-4-13(10-16)9-15(18)17-12(3)14-8-6-5-7-11(14)2/h5-8,12-13H,4,9-10,16H2,1-3H3,(H,17,18)/t12-,13?/m0/s1. The highest BCUT2D eigenvalue weighted by Gasteiger charge is 2.14. The van der Waals surface area contributed by atoms with Crippen molar-refractivity contribution in [2.45, 2.75) is 39.7 Å². The molecule has 0 aliphatic heterocycles. The van der Waals surface area contributed by atoms with Gasteiger partial charge in [-0.2, -0.15) is 0 Å². The van der Waals surface area contributed by atoms with Crippen molar-refractivity contribution in [3.8, 4) is 0 Å². The van der Waals surface area contributed by atoms with Crippen molar-refractivity contribution >= 4 is 5.91 Å². The number of carbonyl (C=O) groups is 1. The summed E-state index contributed by atoms with van der Waals surface area (Å²) < 4.78 is 0. The van der Waals surface area contributed by atoms with Crippen LogP contribution in [0, 0.1) is 12.8 Å². The number of hydrogen-bond donors (Lipinski definition) is 2. The van der Waals surface area contributed by atoms with Crippen LogP contribution in [-0.4, -0.2) is 12.5 Å². The molecule has 0 aliphatic carbocycles. The summed E-state index contributed by atoms with van der Waals surface area (Å²) in [6, 6.07) is 8.18. The zero-order valence-corrected chi connectivity index (χ0v) is 11.6. The molecule has 2 atom stereocenters. The van der Waals surface area contributed by atoms with Crippen LogP contribution < -0.4 is 11.1 Å². The average Bonchev–Trinajstić information content (AvgIpc) is 2.36. The van der Waals surface area contributed by atoms with E-state index in [0.29, 0.717) is 13.0 Å². The van der Waals surface area contributed by atoms with Gasteiger partial charge in [0.1, 0.15) is 0 Å². The van der Waals surface area contributed by atoms with Gasteiger partial charge in [-0.25, -0.2) is 0 Å². The average molecular weight is 248 g/mol. The van der Waals surface area contributed by atoms with Crippen molar-refractivity contribution in [2.24, 2.45) is 11.7 Å². The molecule has 1 unspecified atom stereocenters. The largest absolute Gasteiger partial charge is 0.350 e. The first kappa shape index (κ1) is 14.7. The van der Waals surface area contributed by atoms with Crippen LogP contribution in [0.5, 0.6) is 0 Å². The van der Waals surface area contributed by atoms with Crippen molar-refractivity contribution in [1.82, 2.24) is 5.32 Å². The fraction of sp³-hybridized carbons (Fsp3) is 0.533. The van der Waals surface area contributed by atoms with Gasteiger partial charge in [-0.1, -0.05) is 37.6 Å². The Kier molecular flexibility index (Phi) is 5.86. The second kappa shape index (κ2) is 7.17. The summed E-state index contributed by atoms with van der Waals surface area (Å²) in [5.74, 6) is 0.372. The second-order valence-corrected chi connectivity index (χ2v) is 4.86. The van der Waals surface area contributed by atoms with E-state index in [9.17, 15) is 4.79 Å². The lowest BCUT2D eigenvalue weighted by Crippen LogP contribution is -2.30. The van der Waals surface area contributed by atoms with Crippen molar-refractivity contribution < 1.29 is 4.79 Å². The van der Waals surface area contributed by atoms with Gasteiger partial charge in [0.05, 0.1) is 6.04 Å². The van der Waals surface area contributed by atoms with Gasteiger partial charge in [-0.15, -0.1) is 0 Å². The summed E-state index contributed by atoms with van der Waals surface area (Å²) >= 11 is 0. The molecule has 3 N–H and O–H groups in total. The van der Waals surface area contributed by atoms with Crippen LogP contribution in [-0.2, 0) is 4.79 Å². The number of amides is 1. The molecule has 18 heavy (non-hydrogen) atoms. The van der Waals surface area contributed by atoms with Crippen molar-refractivity contribution in [3.05, 3.63) is 35.4 Å². The molecule has 1 aromatic rings. The number of carbonyl (C=O) groups excluding carboxylic acids is 1. The van der Waals surface area contributed by atoms with E-state index >= 15 is 0 Å². The third kappa shape index (κ3) is 4.15. The summed E-state index contributed by atoms with van der Waals surface area (Å²) in [7, 11) is 0. The van der Waals surface area contributed by atoms with Gasteiger partial charge < -0.3 is 11.1 Å². The Morgan fingerprint density at radius 2 is 2.06 bits per heavy atom. The quantitative estimate of drug-likeness (QED) is 0.813. The summed E-state index contributed by atoms with van der Waals surface area (Å²) in [5.41, 5.74) is 8.00. The van der Waals surface area contributed by atoms with Crippen molar-refractivity contribution in [3.63, 3.8) is 0 Å². The van der Waals surface area contributed by atoms with E-state index in [4.69, 9.17) is 5.73 Å². The van der Waals surface area contributed by atoms with Gasteiger partial charge in [-0.3, -0.25) is 4.79 Å². The van der Waals surface area contributed by atoms with E-state index < -0.39 is 0 Å². The normalized spacial score (nSPS) is 14.0. The van der Waals surface area contributed by atoms with Gasteiger partial charge in [0.25, 0.3) is 0 Å². The molecular weight excluding hydrogens is 224 g/mol. The molecule has 0 saturated carbocycles. The molecule has 0 bridgehead atoms. The lowest BCUT2D eigenvalue weighted by atomic mass is 10.00. The van der Waals surface area contributed by atoms with Gasteiger partial charge in [0, 0.05) is 6.42 Å². The van der Waals surface area contributed by atoms with Crippen molar-refractivity contribution in [1.29, 1.82) is 0 Å². The van der Waals surface area contributed by atoms with E-state index in [1.807, 2.05) is 19.1 Å². The summed E-state index contributed by atoms with van der Waals surface area (Å²) in [6.07, 6.45) is 1.46. The predicted octanol–water partition coefficient (Wildman–Crippen LogP) is 2.55. The van der Waals surface area contributed by atoms with Crippen LogP contribution in [0.25, 0.3) is 0 Å². The van der Waals surface area contributed by atoms with Gasteiger partial charge in [0.15, 0.2) is 0 Å². The minimum absolute atomic E-state index is 0.0500. The molecule has 0 radical (unpaired) electrons. The highest BCUT2D eigenvalue weighted by Crippen LogP contribution is 2.17. The number of nitrogens with one attached hydrogen (secondary N) is 1. The fourth-order valence-electron chi connectivity index (χ4n) is 2.11. The van der Waals surface area contributed by atoms with E-state index in [2.05, 4.69) is 31.3 Å². The SMILES string of the molecule is CCC(CN)CC(=O)N[C@@H](C)c1ccccc1C. The molecule has 3 nitrogen and oxygen atoms in total. The number of aryl methyl sites for hydroxylation is 1. The molecule has 100 valence electrons. The first-order valence-corrected chi connectivity index (χ1v) is 6.63. The zero-order valence-electron chi connectivity index (χ0n) is 11.6. The lowest BCUT2D eigenvalue weighted by molar-refractivity contribution is -0.122. The van der Waals surface area contributed by atoms with Gasteiger partial charge in [-0.05, 0) is 37.4 Å². The minimum Gasteiger partial charge on any atom is -0.350 e. The van der Waals surface area contributed by atoms with E-state index in [0.717, 1.165) is 6.42 Å². The molecule has 0 fully saturated rings. The first-order chi connectivity index (χ1) is 8.58. The molecule has 0 heterocycles. The molecule has 1 aromatic carbocycles. The maximum Gasteiger partial charge on any atom is 0.220 e. The Hall–Kier alpha value is -1.35. The summed E-state index contributed by atoms with van der Waals surface area (Å²) in [4.78, 5) is 11.9. The molecule has 1 amide bonds. The van der Waals surface area contributed by atoms with Crippen LogP contribution in [0.1, 0.15) is 43.9 Å².